The van der Waals surface area contributed by atoms with Crippen LogP contribution < -0.4 is 10.1 Å². The van der Waals surface area contributed by atoms with Crippen molar-refractivity contribution in [2.45, 2.75) is 26.9 Å². The molecule has 0 spiro atoms. The van der Waals surface area contributed by atoms with Crippen molar-refractivity contribution in [3.8, 4) is 5.75 Å². The van der Waals surface area contributed by atoms with Gasteiger partial charge >= 0.3 is 0 Å². The van der Waals surface area contributed by atoms with Gasteiger partial charge in [0.1, 0.15) is 18.5 Å². The van der Waals surface area contributed by atoms with Gasteiger partial charge < -0.3 is 15.2 Å². The van der Waals surface area contributed by atoms with E-state index in [-0.39, 0.29) is 6.61 Å². The molecule has 0 heterocycles. The Bertz CT molecular complexity index is 575. The summed E-state index contributed by atoms with van der Waals surface area (Å²) in [5, 5.41) is 13.3. The Labute approximate surface area is 126 Å². The van der Waals surface area contributed by atoms with Gasteiger partial charge in [-0.25, -0.2) is 0 Å². The molecule has 0 aliphatic rings. The van der Waals surface area contributed by atoms with Crippen LogP contribution in [0.3, 0.4) is 0 Å². The van der Waals surface area contributed by atoms with Crippen molar-refractivity contribution < 1.29 is 9.84 Å². The zero-order valence-electron chi connectivity index (χ0n) is 12.9. The maximum atomic E-state index is 10.0. The number of para-hydroxylation sites is 1. The van der Waals surface area contributed by atoms with Crippen LogP contribution in [0.2, 0.25) is 0 Å². The highest BCUT2D eigenvalue weighted by Crippen LogP contribution is 2.17. The van der Waals surface area contributed by atoms with Gasteiger partial charge in [-0.3, -0.25) is 0 Å². The van der Waals surface area contributed by atoms with Crippen LogP contribution in [0.1, 0.15) is 16.7 Å². The Morgan fingerprint density at radius 2 is 1.71 bits per heavy atom. The Morgan fingerprint density at radius 1 is 1.05 bits per heavy atom. The first-order valence-corrected chi connectivity index (χ1v) is 7.23. The average molecular weight is 285 g/mol. The number of aryl methyl sites for hydroxylation is 3. The number of aliphatic hydroxyl groups is 1. The summed E-state index contributed by atoms with van der Waals surface area (Å²) >= 11 is 0. The summed E-state index contributed by atoms with van der Waals surface area (Å²) in [5.41, 5.74) is 4.53. The summed E-state index contributed by atoms with van der Waals surface area (Å²) in [6.45, 7) is 6.87. The Hall–Kier alpha value is -2.00. The highest BCUT2D eigenvalue weighted by molar-refractivity contribution is 5.48. The molecule has 3 heteroatoms. The van der Waals surface area contributed by atoms with Crippen LogP contribution in [0.25, 0.3) is 0 Å². The second kappa shape index (κ2) is 7.14. The first-order chi connectivity index (χ1) is 10.0. The molecule has 2 N–H and O–H groups in total. The van der Waals surface area contributed by atoms with E-state index in [2.05, 4.69) is 37.4 Å². The maximum Gasteiger partial charge on any atom is 0.122 e. The number of rotatable bonds is 6. The van der Waals surface area contributed by atoms with Crippen molar-refractivity contribution in [2.75, 3.05) is 18.5 Å². The van der Waals surface area contributed by atoms with Gasteiger partial charge in [-0.15, -0.1) is 0 Å². The molecule has 0 aromatic heterocycles. The third-order valence-electron chi connectivity index (χ3n) is 3.29. The number of hydrogen-bond acceptors (Lipinski definition) is 3. The first kappa shape index (κ1) is 15.4. The van der Waals surface area contributed by atoms with Crippen LogP contribution in [0, 0.1) is 20.8 Å². The van der Waals surface area contributed by atoms with Crippen LogP contribution in [0.15, 0.2) is 42.5 Å². The van der Waals surface area contributed by atoms with Gasteiger partial charge in [-0.1, -0.05) is 24.3 Å². The van der Waals surface area contributed by atoms with Crippen molar-refractivity contribution in [1.82, 2.24) is 0 Å². The molecule has 0 aliphatic heterocycles. The Balaban J connectivity index is 1.82. The van der Waals surface area contributed by atoms with E-state index >= 15 is 0 Å². The largest absolute Gasteiger partial charge is 0.491 e. The molecular formula is C18H23NO2. The van der Waals surface area contributed by atoms with E-state index in [1.807, 2.05) is 31.2 Å². The minimum Gasteiger partial charge on any atom is -0.491 e. The fraction of sp³-hybridized carbons (Fsp3) is 0.333. The summed E-state index contributed by atoms with van der Waals surface area (Å²) in [4.78, 5) is 0. The summed E-state index contributed by atoms with van der Waals surface area (Å²) in [6.07, 6.45) is -0.551. The van der Waals surface area contributed by atoms with Gasteiger partial charge in [0, 0.05) is 12.2 Å². The third kappa shape index (κ3) is 4.80. The molecule has 2 aromatic carbocycles. The van der Waals surface area contributed by atoms with Gasteiger partial charge in [-0.05, 0) is 55.7 Å². The van der Waals surface area contributed by atoms with E-state index in [1.165, 1.54) is 11.1 Å². The second-order valence-electron chi connectivity index (χ2n) is 5.49. The molecule has 0 saturated carbocycles. The molecule has 2 aromatic rings. The number of anilines is 1. The smallest absolute Gasteiger partial charge is 0.122 e. The molecule has 112 valence electrons. The lowest BCUT2D eigenvalue weighted by molar-refractivity contribution is 0.117. The molecule has 0 radical (unpaired) electrons. The molecule has 3 nitrogen and oxygen atoms in total. The first-order valence-electron chi connectivity index (χ1n) is 7.23. The van der Waals surface area contributed by atoms with Crippen LogP contribution in [0.4, 0.5) is 5.69 Å². The van der Waals surface area contributed by atoms with Crippen molar-refractivity contribution in [3.63, 3.8) is 0 Å². The molecule has 21 heavy (non-hydrogen) atoms. The van der Waals surface area contributed by atoms with Gasteiger partial charge in [0.05, 0.1) is 0 Å². The minimum atomic E-state index is -0.551. The normalized spacial score (nSPS) is 12.0. The lowest BCUT2D eigenvalue weighted by Gasteiger charge is -2.15. The number of benzene rings is 2. The van der Waals surface area contributed by atoms with Gasteiger partial charge in [-0.2, -0.15) is 0 Å². The third-order valence-corrected chi connectivity index (χ3v) is 3.29. The predicted molar refractivity (Wildman–Crippen MR) is 87.1 cm³/mol. The van der Waals surface area contributed by atoms with E-state index in [9.17, 15) is 5.11 Å². The fourth-order valence-electron chi connectivity index (χ4n) is 2.28. The monoisotopic (exact) mass is 285 g/mol. The molecule has 0 fully saturated rings. The molecule has 1 atom stereocenters. The zero-order valence-corrected chi connectivity index (χ0v) is 12.9. The maximum absolute atomic E-state index is 10.0. The van der Waals surface area contributed by atoms with Crippen molar-refractivity contribution in [3.05, 3.63) is 59.2 Å². The Morgan fingerprint density at radius 3 is 2.38 bits per heavy atom. The number of ether oxygens (including phenoxy) is 1. The van der Waals surface area contributed by atoms with E-state index in [0.29, 0.717) is 6.54 Å². The topological polar surface area (TPSA) is 41.5 Å². The van der Waals surface area contributed by atoms with Crippen LogP contribution in [-0.2, 0) is 0 Å². The number of nitrogens with one attached hydrogen (secondary N) is 1. The molecule has 0 amide bonds. The van der Waals surface area contributed by atoms with Crippen LogP contribution in [-0.4, -0.2) is 24.4 Å². The number of hydrogen-bond donors (Lipinski definition) is 2. The fourth-order valence-corrected chi connectivity index (χ4v) is 2.28. The van der Waals surface area contributed by atoms with E-state index < -0.39 is 6.10 Å². The summed E-state index contributed by atoms with van der Waals surface area (Å²) in [5.74, 6) is 0.822. The average Bonchev–Trinajstić information content (AvgIpc) is 2.43. The van der Waals surface area contributed by atoms with Gasteiger partial charge in [0.2, 0.25) is 0 Å². The molecular weight excluding hydrogens is 262 g/mol. The predicted octanol–water partition coefficient (Wildman–Crippen LogP) is 3.46. The standard InChI is InChI=1S/C18H23NO2/c1-13-8-14(2)10-16(9-13)19-11-17(20)12-21-18-7-5-4-6-15(18)3/h4-10,17,19-20H,11-12H2,1-3H3. The molecule has 0 aliphatic carbocycles. The number of aliphatic hydroxyl groups excluding tert-OH is 1. The molecule has 2 rings (SSSR count). The Kier molecular flexibility index (Phi) is 5.23. The highest BCUT2D eigenvalue weighted by Gasteiger charge is 2.06. The molecule has 1 unspecified atom stereocenters. The summed E-state index contributed by atoms with van der Waals surface area (Å²) in [7, 11) is 0. The van der Waals surface area contributed by atoms with Gasteiger partial charge in [0.15, 0.2) is 0 Å². The van der Waals surface area contributed by atoms with Crippen LogP contribution >= 0.6 is 0 Å². The summed E-state index contributed by atoms with van der Waals surface area (Å²) in [6, 6.07) is 14.1. The summed E-state index contributed by atoms with van der Waals surface area (Å²) < 4.78 is 5.64. The quantitative estimate of drug-likeness (QED) is 0.854. The molecule has 0 saturated heterocycles. The van der Waals surface area contributed by atoms with E-state index in [4.69, 9.17) is 4.74 Å². The SMILES string of the molecule is Cc1cc(C)cc(NCC(O)COc2ccccc2C)c1. The van der Waals surface area contributed by atoms with E-state index in [1.54, 1.807) is 0 Å². The van der Waals surface area contributed by atoms with Crippen LogP contribution in [0.5, 0.6) is 5.75 Å². The lowest BCUT2D eigenvalue weighted by atomic mass is 10.1. The van der Waals surface area contributed by atoms with Crippen molar-refractivity contribution in [1.29, 1.82) is 0 Å². The van der Waals surface area contributed by atoms with Crippen molar-refractivity contribution >= 4 is 5.69 Å². The van der Waals surface area contributed by atoms with E-state index in [0.717, 1.165) is 17.0 Å². The highest BCUT2D eigenvalue weighted by atomic mass is 16.5. The molecule has 0 bridgehead atoms. The van der Waals surface area contributed by atoms with Crippen molar-refractivity contribution in [2.24, 2.45) is 0 Å². The minimum absolute atomic E-state index is 0.280. The second-order valence-corrected chi connectivity index (χ2v) is 5.49. The van der Waals surface area contributed by atoms with Gasteiger partial charge in [0.25, 0.3) is 0 Å². The zero-order chi connectivity index (χ0) is 15.2. The lowest BCUT2D eigenvalue weighted by Crippen LogP contribution is -2.26.